The molecule has 0 aromatic heterocycles. The molecule has 1 aliphatic rings. The van der Waals surface area contributed by atoms with Crippen LogP contribution in [0.3, 0.4) is 0 Å². The van der Waals surface area contributed by atoms with Crippen molar-refractivity contribution in [2.45, 2.75) is 18.9 Å². The SMILES string of the molecule is NC1CCN(CC(=O)Nc2cc(Cl)ccc2[N+](=O)[O-])CC1. The summed E-state index contributed by atoms with van der Waals surface area (Å²) in [4.78, 5) is 24.4. The van der Waals surface area contributed by atoms with Crippen LogP contribution in [-0.2, 0) is 4.79 Å². The van der Waals surface area contributed by atoms with Gasteiger partial charge in [-0.05, 0) is 25.0 Å². The lowest BCUT2D eigenvalue weighted by atomic mass is 10.1. The molecule has 3 N–H and O–H groups in total. The minimum atomic E-state index is -0.550. The molecule has 8 heteroatoms. The molecule has 0 bridgehead atoms. The van der Waals surface area contributed by atoms with Gasteiger partial charge in [-0.1, -0.05) is 11.6 Å². The molecule has 21 heavy (non-hydrogen) atoms. The number of carbonyl (C=O) groups excluding carboxylic acids is 1. The summed E-state index contributed by atoms with van der Waals surface area (Å²) in [6.07, 6.45) is 1.70. The Kier molecular flexibility index (Phi) is 5.11. The predicted molar refractivity (Wildman–Crippen MR) is 80.4 cm³/mol. The smallest absolute Gasteiger partial charge is 0.292 e. The largest absolute Gasteiger partial charge is 0.328 e. The maximum atomic E-state index is 12.0. The van der Waals surface area contributed by atoms with Crippen molar-refractivity contribution >= 4 is 28.9 Å². The number of likely N-dealkylation sites (tertiary alicyclic amines) is 1. The van der Waals surface area contributed by atoms with Crippen LogP contribution in [0.5, 0.6) is 0 Å². The van der Waals surface area contributed by atoms with Gasteiger partial charge >= 0.3 is 0 Å². The van der Waals surface area contributed by atoms with Gasteiger partial charge in [0.15, 0.2) is 0 Å². The first-order valence-electron chi connectivity index (χ1n) is 6.67. The number of halogens is 1. The van der Waals surface area contributed by atoms with Crippen LogP contribution in [0.15, 0.2) is 18.2 Å². The van der Waals surface area contributed by atoms with Crippen molar-refractivity contribution < 1.29 is 9.72 Å². The van der Waals surface area contributed by atoms with Gasteiger partial charge in [-0.2, -0.15) is 0 Å². The number of nitrogens with two attached hydrogens (primary N) is 1. The van der Waals surface area contributed by atoms with Crippen LogP contribution < -0.4 is 11.1 Å². The van der Waals surface area contributed by atoms with Gasteiger partial charge in [0, 0.05) is 30.2 Å². The summed E-state index contributed by atoms with van der Waals surface area (Å²) in [5.41, 5.74) is 5.75. The van der Waals surface area contributed by atoms with Crippen molar-refractivity contribution in [1.82, 2.24) is 4.90 Å². The standard InChI is InChI=1S/C13H17ClN4O3/c14-9-1-2-12(18(20)21)11(7-9)16-13(19)8-17-5-3-10(15)4-6-17/h1-2,7,10H,3-6,8,15H2,(H,16,19). The summed E-state index contributed by atoms with van der Waals surface area (Å²) >= 11 is 5.81. The highest BCUT2D eigenvalue weighted by Gasteiger charge is 2.20. The van der Waals surface area contributed by atoms with Gasteiger partial charge in [0.25, 0.3) is 5.69 Å². The van der Waals surface area contributed by atoms with Gasteiger partial charge in [0.2, 0.25) is 5.91 Å². The normalized spacial score (nSPS) is 16.7. The summed E-state index contributed by atoms with van der Waals surface area (Å²) in [7, 11) is 0. The number of nitro benzene ring substituents is 1. The van der Waals surface area contributed by atoms with Crippen LogP contribution in [-0.4, -0.2) is 41.4 Å². The summed E-state index contributed by atoms with van der Waals surface area (Å²) in [5.74, 6) is -0.296. The highest BCUT2D eigenvalue weighted by atomic mass is 35.5. The number of nitrogens with zero attached hydrogens (tertiary/aromatic N) is 2. The van der Waals surface area contributed by atoms with E-state index in [-0.39, 0.29) is 29.9 Å². The Morgan fingerprint density at radius 1 is 1.48 bits per heavy atom. The second-order valence-electron chi connectivity index (χ2n) is 5.08. The third-order valence-electron chi connectivity index (χ3n) is 3.43. The number of nitrogens with one attached hydrogen (secondary N) is 1. The second kappa shape index (κ2) is 6.84. The molecule has 7 nitrogen and oxygen atoms in total. The number of amides is 1. The average molecular weight is 313 g/mol. The Labute approximate surface area is 127 Å². The molecular formula is C13H17ClN4O3. The molecule has 2 rings (SSSR count). The molecule has 1 amide bonds. The number of carbonyl (C=O) groups is 1. The summed E-state index contributed by atoms with van der Waals surface area (Å²) in [5, 5.41) is 13.8. The van der Waals surface area contributed by atoms with Gasteiger partial charge in [-0.15, -0.1) is 0 Å². The number of piperidine rings is 1. The van der Waals surface area contributed by atoms with E-state index in [1.807, 2.05) is 4.90 Å². The lowest BCUT2D eigenvalue weighted by Gasteiger charge is -2.29. The van der Waals surface area contributed by atoms with Gasteiger partial charge in [0.1, 0.15) is 5.69 Å². The third kappa shape index (κ3) is 4.38. The summed E-state index contributed by atoms with van der Waals surface area (Å²) in [6, 6.07) is 4.27. The molecule has 0 unspecified atom stereocenters. The van der Waals surface area contributed by atoms with Gasteiger partial charge in [-0.3, -0.25) is 19.8 Å². The fraction of sp³-hybridized carbons (Fsp3) is 0.462. The zero-order valence-corrected chi connectivity index (χ0v) is 12.2. The van der Waals surface area contributed by atoms with Crippen LogP contribution in [0.25, 0.3) is 0 Å². The van der Waals surface area contributed by atoms with E-state index in [0.29, 0.717) is 5.02 Å². The Bertz CT molecular complexity index is 544. The second-order valence-corrected chi connectivity index (χ2v) is 5.52. The maximum absolute atomic E-state index is 12.0. The minimum absolute atomic E-state index is 0.117. The van der Waals surface area contributed by atoms with Crippen LogP contribution in [0.4, 0.5) is 11.4 Å². The monoisotopic (exact) mass is 312 g/mol. The third-order valence-corrected chi connectivity index (χ3v) is 3.66. The summed E-state index contributed by atoms with van der Waals surface area (Å²) < 4.78 is 0. The molecule has 1 aromatic carbocycles. The molecule has 1 heterocycles. The number of hydrogen-bond acceptors (Lipinski definition) is 5. The zero-order chi connectivity index (χ0) is 15.4. The molecule has 0 saturated carbocycles. The Hall–Kier alpha value is -1.70. The molecule has 0 aliphatic carbocycles. The topological polar surface area (TPSA) is 102 Å². The molecular weight excluding hydrogens is 296 g/mol. The van der Waals surface area contributed by atoms with Gasteiger partial charge in [-0.25, -0.2) is 0 Å². The van der Waals surface area contributed by atoms with E-state index in [9.17, 15) is 14.9 Å². The highest BCUT2D eigenvalue weighted by molar-refractivity contribution is 6.31. The van der Waals surface area contributed by atoms with Crippen molar-refractivity contribution in [3.63, 3.8) is 0 Å². The highest BCUT2D eigenvalue weighted by Crippen LogP contribution is 2.27. The number of hydrogen-bond donors (Lipinski definition) is 2. The fourth-order valence-corrected chi connectivity index (χ4v) is 2.44. The predicted octanol–water partition coefficient (Wildman–Crippen LogP) is 1.61. The Morgan fingerprint density at radius 2 is 2.14 bits per heavy atom. The van der Waals surface area contributed by atoms with Crippen molar-refractivity contribution in [1.29, 1.82) is 0 Å². The van der Waals surface area contributed by atoms with E-state index in [0.717, 1.165) is 25.9 Å². The fourth-order valence-electron chi connectivity index (χ4n) is 2.27. The van der Waals surface area contributed by atoms with E-state index in [4.69, 9.17) is 17.3 Å². The minimum Gasteiger partial charge on any atom is -0.328 e. The molecule has 114 valence electrons. The van der Waals surface area contributed by atoms with Crippen LogP contribution >= 0.6 is 11.6 Å². The van der Waals surface area contributed by atoms with Gasteiger partial charge < -0.3 is 11.1 Å². The van der Waals surface area contributed by atoms with E-state index < -0.39 is 4.92 Å². The van der Waals surface area contributed by atoms with Crippen molar-refractivity contribution in [2.24, 2.45) is 5.73 Å². The molecule has 1 aliphatic heterocycles. The Balaban J connectivity index is 1.99. The number of anilines is 1. The molecule has 1 saturated heterocycles. The van der Waals surface area contributed by atoms with Crippen LogP contribution in [0.2, 0.25) is 5.02 Å². The first kappa shape index (κ1) is 15.7. The van der Waals surface area contributed by atoms with Crippen molar-refractivity contribution in [3.05, 3.63) is 33.3 Å². The van der Waals surface area contributed by atoms with Crippen LogP contribution in [0.1, 0.15) is 12.8 Å². The first-order valence-corrected chi connectivity index (χ1v) is 7.05. The molecule has 0 atom stereocenters. The molecule has 0 spiro atoms. The molecule has 1 aromatic rings. The number of rotatable bonds is 4. The molecule has 1 fully saturated rings. The number of nitro groups is 1. The number of benzene rings is 1. The average Bonchev–Trinajstić information content (AvgIpc) is 2.41. The van der Waals surface area contributed by atoms with Crippen molar-refractivity contribution in [3.8, 4) is 0 Å². The maximum Gasteiger partial charge on any atom is 0.292 e. The van der Waals surface area contributed by atoms with E-state index in [2.05, 4.69) is 5.32 Å². The van der Waals surface area contributed by atoms with E-state index >= 15 is 0 Å². The van der Waals surface area contributed by atoms with E-state index in [1.165, 1.54) is 18.2 Å². The quantitative estimate of drug-likeness (QED) is 0.649. The zero-order valence-electron chi connectivity index (χ0n) is 11.4. The lowest BCUT2D eigenvalue weighted by molar-refractivity contribution is -0.383. The van der Waals surface area contributed by atoms with Crippen LogP contribution in [0, 0.1) is 10.1 Å². The van der Waals surface area contributed by atoms with Gasteiger partial charge in [0.05, 0.1) is 11.5 Å². The Morgan fingerprint density at radius 3 is 2.76 bits per heavy atom. The van der Waals surface area contributed by atoms with E-state index in [1.54, 1.807) is 0 Å². The molecule has 0 radical (unpaired) electrons. The first-order chi connectivity index (χ1) is 9.95. The summed E-state index contributed by atoms with van der Waals surface area (Å²) in [6.45, 7) is 1.70. The van der Waals surface area contributed by atoms with Crippen molar-refractivity contribution in [2.75, 3.05) is 25.0 Å². The lowest BCUT2D eigenvalue weighted by Crippen LogP contribution is -2.43.